The fraction of sp³-hybridized carbons (Fsp3) is 0.316. The summed E-state index contributed by atoms with van der Waals surface area (Å²) in [6, 6.07) is 8.00. The van der Waals surface area contributed by atoms with Gasteiger partial charge in [0.15, 0.2) is 0 Å². The molecular weight excluding hydrogens is 318 g/mol. The number of aromatic nitrogens is 2. The molecule has 2 heterocycles. The third-order valence-corrected chi connectivity index (χ3v) is 4.01. The van der Waals surface area contributed by atoms with Crippen LogP contribution in [0.25, 0.3) is 11.5 Å². The van der Waals surface area contributed by atoms with Crippen LogP contribution in [-0.4, -0.2) is 22.6 Å². The minimum atomic E-state index is -0.169. The highest BCUT2D eigenvalue weighted by molar-refractivity contribution is 5.96. The van der Waals surface area contributed by atoms with Gasteiger partial charge >= 0.3 is 0 Å². The van der Waals surface area contributed by atoms with Crippen molar-refractivity contribution in [3.8, 4) is 11.5 Å². The summed E-state index contributed by atoms with van der Waals surface area (Å²) in [5, 5.41) is 6.79. The van der Waals surface area contributed by atoms with Gasteiger partial charge in [0, 0.05) is 18.5 Å². The second-order valence-corrected chi connectivity index (χ2v) is 5.93. The Morgan fingerprint density at radius 1 is 1.20 bits per heavy atom. The van der Waals surface area contributed by atoms with Crippen molar-refractivity contribution < 1.29 is 13.7 Å². The van der Waals surface area contributed by atoms with E-state index < -0.39 is 0 Å². The maximum Gasteiger partial charge on any atom is 0.256 e. The SMILES string of the molecule is CCc1noc(C)c1C(=O)NCCc1coc(-c2ccc(C)cc2)n1. The number of carbonyl (C=O) groups excluding carboxylic acids is 1. The van der Waals surface area contributed by atoms with Gasteiger partial charge in [-0.15, -0.1) is 0 Å². The van der Waals surface area contributed by atoms with Crippen LogP contribution in [0, 0.1) is 13.8 Å². The van der Waals surface area contributed by atoms with Gasteiger partial charge in [-0.25, -0.2) is 4.98 Å². The van der Waals surface area contributed by atoms with E-state index in [1.165, 1.54) is 5.56 Å². The number of rotatable bonds is 6. The Hall–Kier alpha value is -2.89. The van der Waals surface area contributed by atoms with Crippen molar-refractivity contribution in [2.24, 2.45) is 0 Å². The third-order valence-electron chi connectivity index (χ3n) is 4.01. The van der Waals surface area contributed by atoms with E-state index in [0.717, 1.165) is 11.3 Å². The van der Waals surface area contributed by atoms with E-state index in [9.17, 15) is 4.79 Å². The molecule has 6 nitrogen and oxygen atoms in total. The molecule has 0 saturated heterocycles. The Kier molecular flexibility index (Phi) is 4.97. The molecule has 1 amide bonds. The predicted molar refractivity (Wildman–Crippen MR) is 93.3 cm³/mol. The fourth-order valence-corrected chi connectivity index (χ4v) is 2.59. The minimum Gasteiger partial charge on any atom is -0.444 e. The van der Waals surface area contributed by atoms with Crippen LogP contribution < -0.4 is 5.32 Å². The van der Waals surface area contributed by atoms with Gasteiger partial charge in [0.05, 0.1) is 11.4 Å². The molecule has 0 spiro atoms. The zero-order valence-electron chi connectivity index (χ0n) is 14.6. The van der Waals surface area contributed by atoms with Crippen LogP contribution in [0.15, 0.2) is 39.5 Å². The number of nitrogens with one attached hydrogen (secondary N) is 1. The van der Waals surface area contributed by atoms with E-state index in [-0.39, 0.29) is 5.91 Å². The molecule has 2 aromatic heterocycles. The van der Waals surface area contributed by atoms with Crippen LogP contribution in [0.2, 0.25) is 0 Å². The molecule has 1 aromatic carbocycles. The molecule has 6 heteroatoms. The van der Waals surface area contributed by atoms with Crippen molar-refractivity contribution in [3.05, 3.63) is 58.8 Å². The van der Waals surface area contributed by atoms with Gasteiger partial charge in [0.1, 0.15) is 17.6 Å². The summed E-state index contributed by atoms with van der Waals surface area (Å²) in [5.74, 6) is 0.958. The molecule has 0 atom stereocenters. The first-order valence-electron chi connectivity index (χ1n) is 8.33. The molecule has 0 aliphatic heterocycles. The number of aryl methyl sites for hydroxylation is 3. The average Bonchev–Trinajstić information content (AvgIpc) is 3.22. The highest BCUT2D eigenvalue weighted by Crippen LogP contribution is 2.19. The van der Waals surface area contributed by atoms with E-state index >= 15 is 0 Å². The molecule has 3 rings (SSSR count). The molecule has 0 fully saturated rings. The van der Waals surface area contributed by atoms with Gasteiger partial charge in [0.25, 0.3) is 5.91 Å². The van der Waals surface area contributed by atoms with Gasteiger partial charge in [-0.2, -0.15) is 0 Å². The lowest BCUT2D eigenvalue weighted by molar-refractivity contribution is 0.0951. The Labute approximate surface area is 146 Å². The second kappa shape index (κ2) is 7.34. The zero-order valence-corrected chi connectivity index (χ0v) is 14.6. The van der Waals surface area contributed by atoms with Crippen molar-refractivity contribution in [3.63, 3.8) is 0 Å². The molecule has 25 heavy (non-hydrogen) atoms. The molecule has 0 bridgehead atoms. The Morgan fingerprint density at radius 3 is 2.68 bits per heavy atom. The fourth-order valence-electron chi connectivity index (χ4n) is 2.59. The van der Waals surface area contributed by atoms with Crippen LogP contribution in [0.3, 0.4) is 0 Å². The molecule has 0 aliphatic carbocycles. The van der Waals surface area contributed by atoms with E-state index in [2.05, 4.69) is 15.5 Å². The summed E-state index contributed by atoms with van der Waals surface area (Å²) in [4.78, 5) is 16.8. The van der Waals surface area contributed by atoms with Crippen LogP contribution in [-0.2, 0) is 12.8 Å². The van der Waals surface area contributed by atoms with E-state index in [4.69, 9.17) is 8.94 Å². The molecule has 0 radical (unpaired) electrons. The standard InChI is InChI=1S/C19H21N3O3/c1-4-16-17(13(3)25-22-16)18(23)20-10-9-15-11-24-19(21-15)14-7-5-12(2)6-8-14/h5-8,11H,4,9-10H2,1-3H3,(H,20,23). The number of nitrogens with zero attached hydrogens (tertiary/aromatic N) is 2. The number of amides is 1. The molecule has 0 unspecified atom stereocenters. The van der Waals surface area contributed by atoms with Gasteiger partial charge in [-0.1, -0.05) is 29.8 Å². The molecule has 130 valence electrons. The summed E-state index contributed by atoms with van der Waals surface area (Å²) in [7, 11) is 0. The predicted octanol–water partition coefficient (Wildman–Crippen LogP) is 3.48. The zero-order chi connectivity index (χ0) is 17.8. The summed E-state index contributed by atoms with van der Waals surface area (Å²) < 4.78 is 10.6. The molecule has 3 aromatic rings. The van der Waals surface area contributed by atoms with Crippen molar-refractivity contribution in [1.82, 2.24) is 15.5 Å². The maximum absolute atomic E-state index is 12.3. The van der Waals surface area contributed by atoms with E-state index in [0.29, 0.717) is 42.3 Å². The average molecular weight is 339 g/mol. The maximum atomic E-state index is 12.3. The Bertz CT molecular complexity index is 862. The van der Waals surface area contributed by atoms with Gasteiger partial charge in [-0.05, 0) is 32.4 Å². The first-order valence-corrected chi connectivity index (χ1v) is 8.33. The Balaban J connectivity index is 1.58. The highest BCUT2D eigenvalue weighted by Gasteiger charge is 2.18. The molecule has 1 N–H and O–H groups in total. The first kappa shape index (κ1) is 17.0. The van der Waals surface area contributed by atoms with Crippen molar-refractivity contribution >= 4 is 5.91 Å². The van der Waals surface area contributed by atoms with Crippen molar-refractivity contribution in [2.45, 2.75) is 33.6 Å². The van der Waals surface area contributed by atoms with Gasteiger partial charge in [-0.3, -0.25) is 4.79 Å². The number of carbonyl (C=O) groups is 1. The van der Waals surface area contributed by atoms with Crippen LogP contribution in [0.1, 0.15) is 40.0 Å². The molecular formula is C19H21N3O3. The third kappa shape index (κ3) is 3.79. The second-order valence-electron chi connectivity index (χ2n) is 5.93. The number of hydrogen-bond donors (Lipinski definition) is 1. The first-order chi connectivity index (χ1) is 12.1. The van der Waals surface area contributed by atoms with Gasteiger partial charge < -0.3 is 14.3 Å². The van der Waals surface area contributed by atoms with E-state index in [1.807, 2.05) is 38.1 Å². The molecule has 0 aliphatic rings. The van der Waals surface area contributed by atoms with Crippen LogP contribution in [0.5, 0.6) is 0 Å². The highest BCUT2D eigenvalue weighted by atomic mass is 16.5. The largest absolute Gasteiger partial charge is 0.444 e. The van der Waals surface area contributed by atoms with Crippen molar-refractivity contribution in [1.29, 1.82) is 0 Å². The minimum absolute atomic E-state index is 0.169. The summed E-state index contributed by atoms with van der Waals surface area (Å²) in [6.45, 7) is 6.18. The quantitative estimate of drug-likeness (QED) is 0.743. The van der Waals surface area contributed by atoms with E-state index in [1.54, 1.807) is 13.2 Å². The van der Waals surface area contributed by atoms with Crippen LogP contribution in [0.4, 0.5) is 0 Å². The van der Waals surface area contributed by atoms with Gasteiger partial charge in [0.2, 0.25) is 5.89 Å². The topological polar surface area (TPSA) is 81.2 Å². The summed E-state index contributed by atoms with van der Waals surface area (Å²) in [5.41, 5.74) is 4.14. The number of hydrogen-bond acceptors (Lipinski definition) is 5. The lowest BCUT2D eigenvalue weighted by Gasteiger charge is -2.03. The smallest absolute Gasteiger partial charge is 0.256 e. The lowest BCUT2D eigenvalue weighted by atomic mass is 10.1. The molecule has 0 saturated carbocycles. The Morgan fingerprint density at radius 2 is 1.96 bits per heavy atom. The summed E-state index contributed by atoms with van der Waals surface area (Å²) in [6.07, 6.45) is 2.87. The number of oxazole rings is 1. The monoisotopic (exact) mass is 339 g/mol. The lowest BCUT2D eigenvalue weighted by Crippen LogP contribution is -2.26. The number of benzene rings is 1. The normalized spacial score (nSPS) is 10.8. The van der Waals surface area contributed by atoms with Crippen molar-refractivity contribution in [2.75, 3.05) is 6.54 Å². The van der Waals surface area contributed by atoms with Crippen LogP contribution >= 0.6 is 0 Å². The summed E-state index contributed by atoms with van der Waals surface area (Å²) >= 11 is 0.